The number of aliphatic carboxylic acids is 1. The van der Waals surface area contributed by atoms with Gasteiger partial charge >= 0.3 is 5.97 Å². The predicted octanol–water partition coefficient (Wildman–Crippen LogP) is 1.96. The van der Waals surface area contributed by atoms with Gasteiger partial charge < -0.3 is 10.8 Å². The van der Waals surface area contributed by atoms with Gasteiger partial charge in [0.05, 0.1) is 10.9 Å². The Morgan fingerprint density at radius 3 is 2.84 bits per heavy atom. The first kappa shape index (κ1) is 13.7. The molecule has 102 valence electrons. The van der Waals surface area contributed by atoms with Gasteiger partial charge in [-0.3, -0.25) is 9.69 Å². The summed E-state index contributed by atoms with van der Waals surface area (Å²) in [6.07, 6.45) is 0.653. The number of amides is 1. The molecule has 0 spiro atoms. The highest BCUT2D eigenvalue weighted by atomic mass is 32.2. The van der Waals surface area contributed by atoms with Gasteiger partial charge in [-0.25, -0.2) is 4.79 Å². The Morgan fingerprint density at radius 1 is 1.58 bits per heavy atom. The molecule has 2 rings (SSSR count). The van der Waals surface area contributed by atoms with E-state index < -0.39 is 12.0 Å². The molecule has 6 heteroatoms. The van der Waals surface area contributed by atoms with Gasteiger partial charge in [-0.15, -0.1) is 11.8 Å². The van der Waals surface area contributed by atoms with E-state index >= 15 is 0 Å². The van der Waals surface area contributed by atoms with Gasteiger partial charge in [-0.1, -0.05) is 6.92 Å². The lowest BCUT2D eigenvalue weighted by atomic mass is 10.1. The van der Waals surface area contributed by atoms with E-state index in [0.29, 0.717) is 17.8 Å². The normalized spacial score (nSPS) is 20.0. The van der Waals surface area contributed by atoms with Crippen molar-refractivity contribution in [3.8, 4) is 0 Å². The van der Waals surface area contributed by atoms with Gasteiger partial charge in [0.1, 0.15) is 6.04 Å². The average Bonchev–Trinajstić information content (AvgIpc) is 2.37. The molecule has 1 heterocycles. The van der Waals surface area contributed by atoms with Crippen molar-refractivity contribution in [2.75, 3.05) is 10.6 Å². The molecule has 1 aliphatic rings. The van der Waals surface area contributed by atoms with Crippen molar-refractivity contribution in [2.24, 2.45) is 0 Å². The molecule has 0 bridgehead atoms. The fourth-order valence-corrected chi connectivity index (χ4v) is 3.25. The summed E-state index contributed by atoms with van der Waals surface area (Å²) in [5, 5.41) is 8.91. The lowest BCUT2D eigenvalue weighted by molar-refractivity contribution is -0.139. The number of carboxylic acid groups (broad SMARTS) is 1. The van der Waals surface area contributed by atoms with Crippen LogP contribution >= 0.6 is 11.8 Å². The quantitative estimate of drug-likeness (QED) is 0.827. The third-order valence-electron chi connectivity index (χ3n) is 3.14. The summed E-state index contributed by atoms with van der Waals surface area (Å²) in [5.74, 6) is -1.17. The van der Waals surface area contributed by atoms with Crippen LogP contribution in [-0.2, 0) is 9.59 Å². The molecule has 1 aromatic rings. The van der Waals surface area contributed by atoms with Gasteiger partial charge in [0.2, 0.25) is 5.91 Å². The van der Waals surface area contributed by atoms with Crippen molar-refractivity contribution in [3.05, 3.63) is 18.2 Å². The summed E-state index contributed by atoms with van der Waals surface area (Å²) in [4.78, 5) is 25.8. The number of carbonyl (C=O) groups excluding carboxylic acids is 1. The van der Waals surface area contributed by atoms with Crippen molar-refractivity contribution in [2.45, 2.75) is 36.5 Å². The largest absolute Gasteiger partial charge is 0.480 e. The van der Waals surface area contributed by atoms with E-state index in [2.05, 4.69) is 0 Å². The van der Waals surface area contributed by atoms with Gasteiger partial charge in [-0.2, -0.15) is 0 Å². The van der Waals surface area contributed by atoms with Crippen molar-refractivity contribution in [1.82, 2.24) is 0 Å². The minimum Gasteiger partial charge on any atom is -0.480 e. The fourth-order valence-electron chi connectivity index (χ4n) is 2.07. The molecule has 0 aromatic heterocycles. The van der Waals surface area contributed by atoms with Crippen molar-refractivity contribution in [3.63, 3.8) is 0 Å². The second kappa shape index (κ2) is 5.13. The standard InChI is InChI=1S/C13H16N2O3S/c1-3-10-12(16)15(7(2)13(17)18)9-5-4-8(14)6-11(9)19-10/h4-7,10H,3,14H2,1-2H3,(H,17,18). The number of hydrogen-bond acceptors (Lipinski definition) is 4. The fraction of sp³-hybridized carbons (Fsp3) is 0.385. The highest BCUT2D eigenvalue weighted by molar-refractivity contribution is 8.01. The van der Waals surface area contributed by atoms with Gasteiger partial charge in [-0.05, 0) is 31.5 Å². The number of nitrogen functional groups attached to an aromatic ring is 1. The van der Waals surface area contributed by atoms with Crippen LogP contribution in [0.5, 0.6) is 0 Å². The van der Waals surface area contributed by atoms with Crippen molar-refractivity contribution < 1.29 is 14.7 Å². The van der Waals surface area contributed by atoms with Crippen molar-refractivity contribution >= 4 is 35.0 Å². The molecule has 1 aromatic carbocycles. The van der Waals surface area contributed by atoms with Crippen molar-refractivity contribution in [1.29, 1.82) is 0 Å². The molecule has 0 fully saturated rings. The third kappa shape index (κ3) is 2.40. The van der Waals surface area contributed by atoms with E-state index in [0.717, 1.165) is 4.90 Å². The highest BCUT2D eigenvalue weighted by Crippen LogP contribution is 2.42. The monoisotopic (exact) mass is 280 g/mol. The summed E-state index contributed by atoms with van der Waals surface area (Å²) < 4.78 is 0. The first-order valence-electron chi connectivity index (χ1n) is 6.07. The zero-order valence-corrected chi connectivity index (χ0v) is 11.6. The Labute approximate surface area is 115 Å². The maximum absolute atomic E-state index is 12.4. The Morgan fingerprint density at radius 2 is 2.26 bits per heavy atom. The molecule has 0 saturated heterocycles. The topological polar surface area (TPSA) is 83.6 Å². The molecule has 1 aliphatic heterocycles. The van der Waals surface area contributed by atoms with E-state index in [9.17, 15) is 9.59 Å². The number of thioether (sulfide) groups is 1. The summed E-state index contributed by atoms with van der Waals surface area (Å²) in [6.45, 7) is 3.43. The molecule has 1 amide bonds. The minimum atomic E-state index is -1.02. The molecule has 0 aliphatic carbocycles. The molecular weight excluding hydrogens is 264 g/mol. The van der Waals surface area contributed by atoms with Crippen LogP contribution in [0.1, 0.15) is 20.3 Å². The summed E-state index contributed by atoms with van der Waals surface area (Å²) in [5.41, 5.74) is 6.99. The van der Waals surface area contributed by atoms with E-state index in [1.54, 1.807) is 18.2 Å². The van der Waals surface area contributed by atoms with Gasteiger partial charge in [0.15, 0.2) is 0 Å². The average molecular weight is 280 g/mol. The SMILES string of the molecule is CCC1Sc2cc(N)ccc2N(C(C)C(=O)O)C1=O. The molecule has 0 saturated carbocycles. The number of rotatable bonds is 3. The van der Waals surface area contributed by atoms with E-state index in [-0.39, 0.29) is 11.2 Å². The van der Waals surface area contributed by atoms with Crippen LogP contribution in [-0.4, -0.2) is 28.3 Å². The van der Waals surface area contributed by atoms with Crippen LogP contribution in [0.25, 0.3) is 0 Å². The van der Waals surface area contributed by atoms with E-state index in [1.807, 2.05) is 6.92 Å². The molecular formula is C13H16N2O3S. The number of nitrogens with two attached hydrogens (primary N) is 1. The Hall–Kier alpha value is -1.69. The Bertz CT molecular complexity index is 533. The third-order valence-corrected chi connectivity index (χ3v) is 4.54. The first-order valence-corrected chi connectivity index (χ1v) is 6.95. The van der Waals surface area contributed by atoms with Crippen LogP contribution in [0.3, 0.4) is 0 Å². The number of fused-ring (bicyclic) bond motifs is 1. The smallest absolute Gasteiger partial charge is 0.326 e. The second-order valence-corrected chi connectivity index (χ2v) is 5.71. The minimum absolute atomic E-state index is 0.153. The van der Waals surface area contributed by atoms with Crippen LogP contribution in [0, 0.1) is 0 Å². The number of nitrogens with zero attached hydrogens (tertiary/aromatic N) is 1. The van der Waals surface area contributed by atoms with E-state index in [1.165, 1.54) is 23.6 Å². The van der Waals surface area contributed by atoms with Gasteiger partial charge in [0.25, 0.3) is 0 Å². The maximum Gasteiger partial charge on any atom is 0.326 e. The van der Waals surface area contributed by atoms with Crippen LogP contribution < -0.4 is 10.6 Å². The Kier molecular flexibility index (Phi) is 3.71. The molecule has 3 N–H and O–H groups in total. The summed E-state index contributed by atoms with van der Waals surface area (Å²) in [7, 11) is 0. The Balaban J connectivity index is 2.51. The van der Waals surface area contributed by atoms with Gasteiger partial charge in [0, 0.05) is 10.6 Å². The molecule has 2 unspecified atom stereocenters. The van der Waals surface area contributed by atoms with Crippen LogP contribution in [0.15, 0.2) is 23.1 Å². The highest BCUT2D eigenvalue weighted by Gasteiger charge is 2.37. The summed E-state index contributed by atoms with van der Waals surface area (Å²) >= 11 is 1.45. The maximum atomic E-state index is 12.4. The number of benzene rings is 1. The predicted molar refractivity (Wildman–Crippen MR) is 75.4 cm³/mol. The number of anilines is 2. The molecule has 5 nitrogen and oxygen atoms in total. The lowest BCUT2D eigenvalue weighted by Gasteiger charge is -2.35. The van der Waals surface area contributed by atoms with Crippen LogP contribution in [0.2, 0.25) is 0 Å². The number of carbonyl (C=O) groups is 2. The van der Waals surface area contributed by atoms with Crippen LogP contribution in [0.4, 0.5) is 11.4 Å². The first-order chi connectivity index (χ1) is 8.95. The molecule has 19 heavy (non-hydrogen) atoms. The number of hydrogen-bond donors (Lipinski definition) is 2. The molecule has 0 radical (unpaired) electrons. The zero-order chi connectivity index (χ0) is 14.2. The number of carboxylic acids is 1. The zero-order valence-electron chi connectivity index (χ0n) is 10.8. The molecule has 2 atom stereocenters. The van der Waals surface area contributed by atoms with E-state index in [4.69, 9.17) is 10.8 Å². The lowest BCUT2D eigenvalue weighted by Crippen LogP contribution is -2.49. The summed E-state index contributed by atoms with van der Waals surface area (Å²) in [6, 6.07) is 4.29. The second-order valence-electron chi connectivity index (χ2n) is 4.46.